The summed E-state index contributed by atoms with van der Waals surface area (Å²) in [7, 11) is 0. The van der Waals surface area contributed by atoms with Crippen molar-refractivity contribution in [3.05, 3.63) is 59.9 Å². The van der Waals surface area contributed by atoms with Crippen LogP contribution in [0.3, 0.4) is 0 Å². The number of nitrogens with one attached hydrogen (secondary N) is 2. The number of carbonyl (C=O) groups excluding carboxylic acids is 1. The molecular formula is C19H21F3N3O+. The maximum absolute atomic E-state index is 13.7. The van der Waals surface area contributed by atoms with Crippen LogP contribution in [-0.2, 0) is 4.79 Å². The Kier molecular flexibility index (Phi) is 5.46. The van der Waals surface area contributed by atoms with Crippen molar-refractivity contribution in [3.8, 4) is 0 Å². The summed E-state index contributed by atoms with van der Waals surface area (Å²) in [6.07, 6.45) is 0. The van der Waals surface area contributed by atoms with Gasteiger partial charge in [-0.05, 0) is 43.3 Å². The molecule has 0 bridgehead atoms. The molecule has 1 amide bonds. The lowest BCUT2D eigenvalue weighted by Gasteiger charge is -2.36. The van der Waals surface area contributed by atoms with Crippen LogP contribution in [0.5, 0.6) is 0 Å². The third-order valence-corrected chi connectivity index (χ3v) is 4.79. The summed E-state index contributed by atoms with van der Waals surface area (Å²) in [5.41, 5.74) is 0.934. The van der Waals surface area contributed by atoms with Gasteiger partial charge in [0, 0.05) is 11.8 Å². The minimum Gasteiger partial charge on any atom is -0.360 e. The molecule has 0 aromatic heterocycles. The molecule has 2 aromatic rings. The fourth-order valence-corrected chi connectivity index (χ4v) is 3.15. The summed E-state index contributed by atoms with van der Waals surface area (Å²) >= 11 is 0. The normalized spacial score (nSPS) is 16.4. The molecule has 0 saturated carbocycles. The number of piperazine rings is 1. The minimum absolute atomic E-state index is 0.0207. The molecule has 0 unspecified atom stereocenters. The number of carbonyl (C=O) groups is 1. The molecule has 4 nitrogen and oxygen atoms in total. The van der Waals surface area contributed by atoms with Gasteiger partial charge < -0.3 is 15.1 Å². The number of anilines is 2. The Morgan fingerprint density at radius 2 is 1.65 bits per heavy atom. The zero-order valence-electron chi connectivity index (χ0n) is 14.4. The van der Waals surface area contributed by atoms with E-state index in [1.165, 1.54) is 18.2 Å². The third-order valence-electron chi connectivity index (χ3n) is 4.79. The maximum atomic E-state index is 13.7. The van der Waals surface area contributed by atoms with Gasteiger partial charge in [-0.2, -0.15) is 0 Å². The molecule has 2 aromatic carbocycles. The monoisotopic (exact) mass is 364 g/mol. The second kappa shape index (κ2) is 7.78. The number of amides is 1. The van der Waals surface area contributed by atoms with Gasteiger partial charge in [-0.1, -0.05) is 0 Å². The molecule has 1 aliphatic heterocycles. The van der Waals surface area contributed by atoms with Gasteiger partial charge in [0.15, 0.2) is 6.04 Å². The van der Waals surface area contributed by atoms with Crippen LogP contribution < -0.4 is 15.1 Å². The number of hydrogen-bond acceptors (Lipinski definition) is 2. The first-order chi connectivity index (χ1) is 12.4. The van der Waals surface area contributed by atoms with Crippen molar-refractivity contribution in [2.24, 2.45) is 0 Å². The Hall–Kier alpha value is -2.54. The molecule has 1 saturated heterocycles. The molecule has 1 atom stereocenters. The summed E-state index contributed by atoms with van der Waals surface area (Å²) < 4.78 is 39.7. The van der Waals surface area contributed by atoms with Crippen molar-refractivity contribution in [1.29, 1.82) is 0 Å². The van der Waals surface area contributed by atoms with E-state index in [1.54, 1.807) is 19.1 Å². The van der Waals surface area contributed by atoms with E-state index in [4.69, 9.17) is 0 Å². The van der Waals surface area contributed by atoms with E-state index in [9.17, 15) is 18.0 Å². The lowest BCUT2D eigenvalue weighted by Crippen LogP contribution is -3.19. The highest BCUT2D eigenvalue weighted by Gasteiger charge is 2.29. The van der Waals surface area contributed by atoms with Crippen molar-refractivity contribution >= 4 is 17.3 Å². The highest BCUT2D eigenvalue weighted by Crippen LogP contribution is 2.16. The quantitative estimate of drug-likeness (QED) is 0.869. The fraction of sp³-hybridized carbons (Fsp3) is 0.316. The van der Waals surface area contributed by atoms with Gasteiger partial charge in [-0.3, -0.25) is 4.79 Å². The third kappa shape index (κ3) is 4.16. The summed E-state index contributed by atoms with van der Waals surface area (Å²) in [4.78, 5) is 15.6. The first-order valence-corrected chi connectivity index (χ1v) is 8.55. The van der Waals surface area contributed by atoms with E-state index in [-0.39, 0.29) is 23.5 Å². The minimum atomic E-state index is -0.790. The van der Waals surface area contributed by atoms with E-state index in [1.807, 2.05) is 0 Å². The molecule has 0 radical (unpaired) electrons. The zero-order valence-corrected chi connectivity index (χ0v) is 14.4. The molecular weight excluding hydrogens is 343 g/mol. The van der Waals surface area contributed by atoms with Gasteiger partial charge in [0.05, 0.1) is 31.9 Å². The first-order valence-electron chi connectivity index (χ1n) is 8.55. The highest BCUT2D eigenvalue weighted by atomic mass is 19.1. The summed E-state index contributed by atoms with van der Waals surface area (Å²) in [6, 6.07) is 9.06. The van der Waals surface area contributed by atoms with Crippen LogP contribution in [0.25, 0.3) is 0 Å². The number of halogens is 3. The molecule has 7 heteroatoms. The van der Waals surface area contributed by atoms with Gasteiger partial charge in [0.2, 0.25) is 0 Å². The second-order valence-electron chi connectivity index (χ2n) is 6.46. The van der Waals surface area contributed by atoms with Gasteiger partial charge in [-0.25, -0.2) is 13.2 Å². The van der Waals surface area contributed by atoms with Crippen LogP contribution >= 0.6 is 0 Å². The number of quaternary nitrogens is 1. The summed E-state index contributed by atoms with van der Waals surface area (Å²) in [5.74, 6) is -2.05. The van der Waals surface area contributed by atoms with Crippen LogP contribution in [0, 0.1) is 17.5 Å². The Morgan fingerprint density at radius 3 is 2.27 bits per heavy atom. The molecule has 0 spiro atoms. The SMILES string of the molecule is C[C@H](C(=O)Nc1ccc(F)cc1F)[NH+]1CCN(c2ccc(F)cc2)CC1. The predicted molar refractivity (Wildman–Crippen MR) is 93.8 cm³/mol. The lowest BCUT2D eigenvalue weighted by molar-refractivity contribution is -0.914. The van der Waals surface area contributed by atoms with Crippen LogP contribution in [0.1, 0.15) is 6.92 Å². The molecule has 1 heterocycles. The van der Waals surface area contributed by atoms with E-state index >= 15 is 0 Å². The predicted octanol–water partition coefficient (Wildman–Crippen LogP) is 1.84. The fourth-order valence-electron chi connectivity index (χ4n) is 3.15. The Morgan fingerprint density at radius 1 is 1.04 bits per heavy atom. The Balaban J connectivity index is 1.56. The topological polar surface area (TPSA) is 36.8 Å². The Labute approximate surface area is 150 Å². The molecule has 3 rings (SSSR count). The van der Waals surface area contributed by atoms with Gasteiger partial charge in [0.25, 0.3) is 5.91 Å². The van der Waals surface area contributed by atoms with Crippen LogP contribution in [0.4, 0.5) is 24.5 Å². The van der Waals surface area contributed by atoms with Gasteiger partial charge >= 0.3 is 0 Å². The number of rotatable bonds is 4. The summed E-state index contributed by atoms with van der Waals surface area (Å²) in [6.45, 7) is 4.74. The number of benzene rings is 2. The summed E-state index contributed by atoms with van der Waals surface area (Å²) in [5, 5.41) is 2.53. The number of nitrogens with zero attached hydrogens (tertiary/aromatic N) is 1. The van der Waals surface area contributed by atoms with Crippen molar-refractivity contribution in [2.75, 3.05) is 36.4 Å². The molecule has 138 valence electrons. The van der Waals surface area contributed by atoms with Crippen molar-refractivity contribution in [3.63, 3.8) is 0 Å². The van der Waals surface area contributed by atoms with Crippen LogP contribution in [0.2, 0.25) is 0 Å². The zero-order chi connectivity index (χ0) is 18.7. The molecule has 2 N–H and O–H groups in total. The van der Waals surface area contributed by atoms with E-state index < -0.39 is 11.6 Å². The second-order valence-corrected chi connectivity index (χ2v) is 6.46. The van der Waals surface area contributed by atoms with Crippen LogP contribution in [0.15, 0.2) is 42.5 Å². The van der Waals surface area contributed by atoms with Crippen molar-refractivity contribution in [2.45, 2.75) is 13.0 Å². The van der Waals surface area contributed by atoms with Gasteiger partial charge in [-0.15, -0.1) is 0 Å². The molecule has 1 fully saturated rings. The number of hydrogen-bond donors (Lipinski definition) is 2. The van der Waals surface area contributed by atoms with Crippen molar-refractivity contribution in [1.82, 2.24) is 0 Å². The van der Waals surface area contributed by atoms with E-state index in [2.05, 4.69) is 10.2 Å². The van der Waals surface area contributed by atoms with Crippen LogP contribution in [-0.4, -0.2) is 38.1 Å². The highest BCUT2D eigenvalue weighted by molar-refractivity contribution is 5.93. The van der Waals surface area contributed by atoms with Crippen molar-refractivity contribution < 1.29 is 22.9 Å². The average molecular weight is 364 g/mol. The molecule has 1 aliphatic rings. The lowest BCUT2D eigenvalue weighted by atomic mass is 10.2. The largest absolute Gasteiger partial charge is 0.360 e. The van der Waals surface area contributed by atoms with Gasteiger partial charge in [0.1, 0.15) is 17.5 Å². The molecule has 0 aliphatic carbocycles. The van der Waals surface area contributed by atoms with E-state index in [0.29, 0.717) is 0 Å². The average Bonchev–Trinajstić information content (AvgIpc) is 2.64. The Bertz CT molecular complexity index is 774. The smallest absolute Gasteiger partial charge is 0.282 e. The molecule has 26 heavy (non-hydrogen) atoms. The standard InChI is InChI=1S/C19H20F3N3O/c1-13(19(26)23-18-7-4-15(21)12-17(18)22)24-8-10-25(11-9-24)16-5-2-14(20)3-6-16/h2-7,12-13H,8-11H2,1H3,(H,23,26)/p+1/t13-/m1/s1. The van der Waals surface area contributed by atoms with E-state index in [0.717, 1.165) is 48.9 Å². The first kappa shape index (κ1) is 18.3. The maximum Gasteiger partial charge on any atom is 0.282 e.